The summed E-state index contributed by atoms with van der Waals surface area (Å²) in [4.78, 5) is 0. The number of thiophene rings is 1. The molecule has 1 aliphatic carbocycles. The summed E-state index contributed by atoms with van der Waals surface area (Å²) < 4.78 is 0. The minimum atomic E-state index is -0.189. The maximum absolute atomic E-state index is 9.52. The van der Waals surface area contributed by atoms with Crippen molar-refractivity contribution in [2.75, 3.05) is 0 Å². The standard InChI is InChI=1S/C11H12OS/c12-11-3-1-2-10(11)5-4-9-6-7-13-8-9/h6-8,10-12H,1-3H2/t10-,11+/m0/s1. The van der Waals surface area contributed by atoms with Crippen LogP contribution in [0.15, 0.2) is 16.8 Å². The van der Waals surface area contributed by atoms with Crippen molar-refractivity contribution in [2.45, 2.75) is 25.4 Å². The van der Waals surface area contributed by atoms with E-state index in [0.717, 1.165) is 24.8 Å². The van der Waals surface area contributed by atoms with Crippen molar-refractivity contribution in [2.24, 2.45) is 5.92 Å². The van der Waals surface area contributed by atoms with Gasteiger partial charge in [-0.2, -0.15) is 11.3 Å². The molecule has 0 radical (unpaired) electrons. The molecule has 1 saturated carbocycles. The first-order valence-electron chi connectivity index (χ1n) is 4.58. The molecule has 1 heterocycles. The molecule has 0 bridgehead atoms. The highest BCUT2D eigenvalue weighted by molar-refractivity contribution is 7.08. The van der Waals surface area contributed by atoms with Crippen molar-refractivity contribution in [1.82, 2.24) is 0 Å². The molecule has 0 saturated heterocycles. The van der Waals surface area contributed by atoms with Gasteiger partial charge in [-0.25, -0.2) is 0 Å². The monoisotopic (exact) mass is 192 g/mol. The van der Waals surface area contributed by atoms with Gasteiger partial charge < -0.3 is 5.11 Å². The molecule has 2 atom stereocenters. The average Bonchev–Trinajstić information content (AvgIpc) is 2.72. The van der Waals surface area contributed by atoms with Gasteiger partial charge >= 0.3 is 0 Å². The Balaban J connectivity index is 2.04. The average molecular weight is 192 g/mol. The molecule has 2 rings (SSSR count). The van der Waals surface area contributed by atoms with Crippen molar-refractivity contribution in [1.29, 1.82) is 0 Å². The maximum Gasteiger partial charge on any atom is 0.0677 e. The topological polar surface area (TPSA) is 20.2 Å². The lowest BCUT2D eigenvalue weighted by Crippen LogP contribution is -2.10. The van der Waals surface area contributed by atoms with Crippen LogP contribution in [0.3, 0.4) is 0 Å². The first-order chi connectivity index (χ1) is 6.36. The number of hydrogen-bond acceptors (Lipinski definition) is 2. The number of rotatable bonds is 0. The SMILES string of the molecule is O[C@@H]1CCC[C@H]1C#Cc1ccsc1. The van der Waals surface area contributed by atoms with Crippen LogP contribution in [0.1, 0.15) is 24.8 Å². The molecule has 68 valence electrons. The van der Waals surface area contributed by atoms with E-state index < -0.39 is 0 Å². The molecule has 1 aromatic rings. The Morgan fingerprint density at radius 1 is 1.46 bits per heavy atom. The van der Waals surface area contributed by atoms with Gasteiger partial charge in [0.15, 0.2) is 0 Å². The van der Waals surface area contributed by atoms with E-state index >= 15 is 0 Å². The van der Waals surface area contributed by atoms with Crippen LogP contribution in [0.4, 0.5) is 0 Å². The predicted molar refractivity (Wildman–Crippen MR) is 54.5 cm³/mol. The summed E-state index contributed by atoms with van der Waals surface area (Å²) >= 11 is 1.66. The summed E-state index contributed by atoms with van der Waals surface area (Å²) in [5, 5.41) is 13.6. The zero-order chi connectivity index (χ0) is 9.10. The Labute approximate surface area is 82.4 Å². The normalized spacial score (nSPS) is 26.8. The molecule has 0 unspecified atom stereocenters. The van der Waals surface area contributed by atoms with E-state index in [0.29, 0.717) is 0 Å². The molecule has 0 aliphatic heterocycles. The summed E-state index contributed by atoms with van der Waals surface area (Å²) in [6, 6.07) is 2.01. The third-order valence-corrected chi connectivity index (χ3v) is 3.09. The molecule has 1 aromatic heterocycles. The van der Waals surface area contributed by atoms with Crippen molar-refractivity contribution in [3.8, 4) is 11.8 Å². The van der Waals surface area contributed by atoms with E-state index in [1.807, 2.05) is 16.8 Å². The minimum absolute atomic E-state index is 0.189. The van der Waals surface area contributed by atoms with Crippen LogP contribution in [-0.4, -0.2) is 11.2 Å². The molecular weight excluding hydrogens is 180 g/mol. The second kappa shape index (κ2) is 3.95. The highest BCUT2D eigenvalue weighted by Crippen LogP contribution is 2.24. The van der Waals surface area contributed by atoms with Crippen LogP contribution in [0, 0.1) is 17.8 Å². The first kappa shape index (κ1) is 8.80. The van der Waals surface area contributed by atoms with Crippen molar-refractivity contribution >= 4 is 11.3 Å². The first-order valence-corrected chi connectivity index (χ1v) is 5.52. The summed E-state index contributed by atoms with van der Waals surface area (Å²) in [7, 11) is 0. The largest absolute Gasteiger partial charge is 0.392 e. The number of aliphatic hydroxyl groups excluding tert-OH is 1. The van der Waals surface area contributed by atoms with Crippen molar-refractivity contribution < 1.29 is 5.11 Å². The van der Waals surface area contributed by atoms with Crippen LogP contribution in [0.5, 0.6) is 0 Å². The van der Waals surface area contributed by atoms with E-state index in [4.69, 9.17) is 0 Å². The van der Waals surface area contributed by atoms with Crippen LogP contribution in [0.2, 0.25) is 0 Å². The zero-order valence-electron chi connectivity index (χ0n) is 7.36. The van der Waals surface area contributed by atoms with Crippen LogP contribution in [-0.2, 0) is 0 Å². The van der Waals surface area contributed by atoms with Crippen molar-refractivity contribution in [3.63, 3.8) is 0 Å². The fraction of sp³-hybridized carbons (Fsp3) is 0.455. The Kier molecular flexibility index (Phi) is 2.68. The Bertz CT molecular complexity index is 318. The lowest BCUT2D eigenvalue weighted by atomic mass is 10.1. The van der Waals surface area contributed by atoms with Gasteiger partial charge in [0, 0.05) is 16.9 Å². The molecule has 2 heteroatoms. The molecule has 13 heavy (non-hydrogen) atoms. The second-order valence-corrected chi connectivity index (χ2v) is 4.17. The third-order valence-electron chi connectivity index (χ3n) is 2.40. The van der Waals surface area contributed by atoms with Gasteiger partial charge in [0.05, 0.1) is 6.10 Å². The van der Waals surface area contributed by atoms with Gasteiger partial charge in [0.2, 0.25) is 0 Å². The van der Waals surface area contributed by atoms with E-state index in [1.54, 1.807) is 11.3 Å². The minimum Gasteiger partial charge on any atom is -0.392 e. The van der Waals surface area contributed by atoms with Gasteiger partial charge in [0.25, 0.3) is 0 Å². The molecule has 0 aromatic carbocycles. The lowest BCUT2D eigenvalue weighted by molar-refractivity contribution is 0.157. The molecule has 1 N–H and O–H groups in total. The fourth-order valence-electron chi connectivity index (χ4n) is 1.62. The Hall–Kier alpha value is -0.780. The molecule has 0 amide bonds. The lowest BCUT2D eigenvalue weighted by Gasteiger charge is -2.04. The molecule has 1 nitrogen and oxygen atoms in total. The summed E-state index contributed by atoms with van der Waals surface area (Å²) in [5.74, 6) is 6.45. The van der Waals surface area contributed by atoms with Crippen LogP contribution >= 0.6 is 11.3 Å². The summed E-state index contributed by atoms with van der Waals surface area (Å²) in [6.45, 7) is 0. The Morgan fingerprint density at radius 3 is 3.00 bits per heavy atom. The van der Waals surface area contributed by atoms with E-state index in [-0.39, 0.29) is 12.0 Å². The predicted octanol–water partition coefficient (Wildman–Crippen LogP) is 2.26. The number of aliphatic hydroxyl groups is 1. The molecule has 1 fully saturated rings. The fourth-order valence-corrected chi connectivity index (χ4v) is 2.21. The van der Waals surface area contributed by atoms with Gasteiger partial charge in [-0.15, -0.1) is 0 Å². The highest BCUT2D eigenvalue weighted by atomic mass is 32.1. The third kappa shape index (κ3) is 2.12. The van der Waals surface area contributed by atoms with E-state index in [2.05, 4.69) is 11.8 Å². The summed E-state index contributed by atoms with van der Waals surface area (Å²) in [5.41, 5.74) is 1.07. The van der Waals surface area contributed by atoms with Gasteiger partial charge in [0.1, 0.15) is 0 Å². The zero-order valence-corrected chi connectivity index (χ0v) is 8.18. The number of hydrogen-bond donors (Lipinski definition) is 1. The van der Waals surface area contributed by atoms with Gasteiger partial charge in [-0.05, 0) is 30.7 Å². The Morgan fingerprint density at radius 2 is 2.38 bits per heavy atom. The summed E-state index contributed by atoms with van der Waals surface area (Å²) in [6.07, 6.45) is 2.90. The van der Waals surface area contributed by atoms with Crippen LogP contribution < -0.4 is 0 Å². The second-order valence-electron chi connectivity index (χ2n) is 3.39. The molecule has 0 spiro atoms. The molecule has 1 aliphatic rings. The smallest absolute Gasteiger partial charge is 0.0677 e. The van der Waals surface area contributed by atoms with Gasteiger partial charge in [-0.1, -0.05) is 11.8 Å². The molecular formula is C11H12OS. The van der Waals surface area contributed by atoms with Crippen LogP contribution in [0.25, 0.3) is 0 Å². The van der Waals surface area contributed by atoms with Crippen molar-refractivity contribution in [3.05, 3.63) is 22.4 Å². The van der Waals surface area contributed by atoms with E-state index in [1.165, 1.54) is 0 Å². The maximum atomic E-state index is 9.52. The highest BCUT2D eigenvalue weighted by Gasteiger charge is 2.22. The van der Waals surface area contributed by atoms with Gasteiger partial charge in [-0.3, -0.25) is 0 Å². The quantitative estimate of drug-likeness (QED) is 0.625. The van der Waals surface area contributed by atoms with E-state index in [9.17, 15) is 5.11 Å².